The molecule has 1 aromatic carbocycles. The van der Waals surface area contributed by atoms with Gasteiger partial charge in [0, 0.05) is 29.4 Å². The third-order valence-electron chi connectivity index (χ3n) is 4.78. The number of hydrogen-bond donors (Lipinski definition) is 3. The Morgan fingerprint density at radius 2 is 2.04 bits per heavy atom. The number of carbonyl (C=O) groups excluding carboxylic acids is 1. The monoisotopic (exact) mass is 392 g/mol. The highest BCUT2D eigenvalue weighted by molar-refractivity contribution is 7.92. The molecule has 2 bridgehead atoms. The second kappa shape index (κ2) is 6.64. The smallest absolute Gasteiger partial charge is 0.263 e. The molecule has 0 aliphatic carbocycles. The highest BCUT2D eigenvalue weighted by atomic mass is 32.2. The molecule has 1 amide bonds. The number of fused-ring (bicyclic) bond motifs is 2. The fourth-order valence-corrected chi connectivity index (χ4v) is 5.02. The number of anilines is 1. The van der Waals surface area contributed by atoms with E-state index < -0.39 is 10.0 Å². The van der Waals surface area contributed by atoms with Crippen LogP contribution in [0.3, 0.4) is 0 Å². The van der Waals surface area contributed by atoms with Crippen LogP contribution >= 0.6 is 11.3 Å². The number of benzene rings is 1. The number of nitrogens with one attached hydrogen (secondary N) is 3. The standard InChI is InChI=1S/C17H20N4O3S2/c1-26(23,24)21-11-4-2-10(3-5-11)17-18-9-15(25-17)16(22)20-14-8-12-6-7-13(14)19-12/h2-5,9,12-14,19,21H,6-8H2,1H3,(H,20,22)/t12-,13+,14-/m1/s1. The van der Waals surface area contributed by atoms with E-state index in [4.69, 9.17) is 0 Å². The topological polar surface area (TPSA) is 100 Å². The van der Waals surface area contributed by atoms with Gasteiger partial charge in [-0.1, -0.05) is 0 Å². The van der Waals surface area contributed by atoms with Crippen LogP contribution < -0.4 is 15.4 Å². The Balaban J connectivity index is 1.43. The largest absolute Gasteiger partial charge is 0.347 e. The average molecular weight is 393 g/mol. The van der Waals surface area contributed by atoms with E-state index in [0.29, 0.717) is 22.6 Å². The fraction of sp³-hybridized carbons (Fsp3) is 0.412. The summed E-state index contributed by atoms with van der Waals surface area (Å²) in [6, 6.07) is 8.07. The quantitative estimate of drug-likeness (QED) is 0.720. The summed E-state index contributed by atoms with van der Waals surface area (Å²) >= 11 is 1.33. The Labute approximate surface area is 156 Å². The van der Waals surface area contributed by atoms with E-state index >= 15 is 0 Å². The predicted molar refractivity (Wildman–Crippen MR) is 102 cm³/mol. The zero-order chi connectivity index (χ0) is 18.3. The lowest BCUT2D eigenvalue weighted by Crippen LogP contribution is -2.42. The molecule has 9 heteroatoms. The summed E-state index contributed by atoms with van der Waals surface area (Å²) in [5, 5.41) is 7.36. The van der Waals surface area contributed by atoms with Gasteiger partial charge in [-0.3, -0.25) is 9.52 Å². The van der Waals surface area contributed by atoms with E-state index in [0.717, 1.165) is 29.7 Å². The minimum Gasteiger partial charge on any atom is -0.347 e. The number of amides is 1. The number of thiazole rings is 1. The Kier molecular flexibility index (Phi) is 4.45. The second-order valence-electron chi connectivity index (χ2n) is 6.84. The molecule has 0 spiro atoms. The maximum atomic E-state index is 12.5. The van der Waals surface area contributed by atoms with E-state index in [1.54, 1.807) is 30.5 Å². The number of carbonyl (C=O) groups is 1. The van der Waals surface area contributed by atoms with Crippen molar-refractivity contribution in [3.63, 3.8) is 0 Å². The van der Waals surface area contributed by atoms with Gasteiger partial charge in [0.1, 0.15) is 9.88 Å². The van der Waals surface area contributed by atoms with Gasteiger partial charge in [0.05, 0.1) is 12.5 Å². The van der Waals surface area contributed by atoms with Gasteiger partial charge in [0.15, 0.2) is 0 Å². The van der Waals surface area contributed by atoms with Crippen molar-refractivity contribution in [1.82, 2.24) is 15.6 Å². The first-order chi connectivity index (χ1) is 12.4. The highest BCUT2D eigenvalue weighted by Gasteiger charge is 2.39. The molecule has 3 atom stereocenters. The summed E-state index contributed by atoms with van der Waals surface area (Å²) in [6.45, 7) is 0. The van der Waals surface area contributed by atoms with Crippen LogP contribution in [0.1, 0.15) is 28.9 Å². The molecule has 2 aliphatic rings. The first-order valence-electron chi connectivity index (χ1n) is 8.48. The van der Waals surface area contributed by atoms with Crippen molar-refractivity contribution in [2.24, 2.45) is 0 Å². The van der Waals surface area contributed by atoms with Crippen LogP contribution in [-0.4, -0.2) is 43.7 Å². The molecule has 2 saturated heterocycles. The Bertz CT molecular complexity index is 924. The Morgan fingerprint density at radius 1 is 1.27 bits per heavy atom. The number of rotatable bonds is 5. The van der Waals surface area contributed by atoms with Crippen LogP contribution in [0.2, 0.25) is 0 Å². The second-order valence-corrected chi connectivity index (χ2v) is 9.62. The molecule has 0 radical (unpaired) electrons. The lowest BCUT2D eigenvalue weighted by molar-refractivity contribution is 0.0935. The molecule has 3 heterocycles. The molecule has 4 rings (SSSR count). The third kappa shape index (κ3) is 3.74. The first-order valence-corrected chi connectivity index (χ1v) is 11.2. The summed E-state index contributed by atoms with van der Waals surface area (Å²) < 4.78 is 24.9. The van der Waals surface area contributed by atoms with Crippen LogP contribution in [-0.2, 0) is 10.0 Å². The molecule has 7 nitrogen and oxygen atoms in total. The minimum absolute atomic E-state index is 0.0801. The zero-order valence-corrected chi connectivity index (χ0v) is 15.9. The Hall–Kier alpha value is -1.97. The molecule has 1 aromatic heterocycles. The summed E-state index contributed by atoms with van der Waals surface area (Å²) in [4.78, 5) is 17.4. The molecule has 2 aromatic rings. The first kappa shape index (κ1) is 17.4. The van der Waals surface area contributed by atoms with Crippen molar-refractivity contribution >= 4 is 33.0 Å². The molecule has 0 unspecified atom stereocenters. The lowest BCUT2D eigenvalue weighted by atomic mass is 9.95. The van der Waals surface area contributed by atoms with Gasteiger partial charge >= 0.3 is 0 Å². The fourth-order valence-electron chi connectivity index (χ4n) is 3.63. The van der Waals surface area contributed by atoms with E-state index in [9.17, 15) is 13.2 Å². The molecule has 2 aliphatic heterocycles. The van der Waals surface area contributed by atoms with Crippen molar-refractivity contribution < 1.29 is 13.2 Å². The van der Waals surface area contributed by atoms with Gasteiger partial charge < -0.3 is 10.6 Å². The maximum absolute atomic E-state index is 12.5. The van der Waals surface area contributed by atoms with E-state index in [2.05, 4.69) is 20.3 Å². The van der Waals surface area contributed by atoms with Gasteiger partial charge in [-0.05, 0) is 43.5 Å². The maximum Gasteiger partial charge on any atom is 0.263 e. The number of aromatic nitrogens is 1. The number of hydrogen-bond acceptors (Lipinski definition) is 6. The van der Waals surface area contributed by atoms with Crippen molar-refractivity contribution in [1.29, 1.82) is 0 Å². The van der Waals surface area contributed by atoms with Crippen LogP contribution in [0.15, 0.2) is 30.5 Å². The molecule has 0 saturated carbocycles. The minimum atomic E-state index is -3.30. The third-order valence-corrected chi connectivity index (χ3v) is 6.43. The summed E-state index contributed by atoms with van der Waals surface area (Å²) in [5.41, 5.74) is 1.34. The van der Waals surface area contributed by atoms with Crippen molar-refractivity contribution in [3.8, 4) is 10.6 Å². The number of nitrogens with zero attached hydrogens (tertiary/aromatic N) is 1. The average Bonchev–Trinajstić information content (AvgIpc) is 3.30. The Morgan fingerprint density at radius 3 is 2.65 bits per heavy atom. The van der Waals surface area contributed by atoms with Crippen LogP contribution in [0.25, 0.3) is 10.6 Å². The summed E-state index contributed by atoms with van der Waals surface area (Å²) in [6.07, 6.45) is 6.02. The molecule has 138 valence electrons. The molecular weight excluding hydrogens is 372 g/mol. The van der Waals surface area contributed by atoms with Crippen molar-refractivity contribution in [2.75, 3.05) is 11.0 Å². The highest BCUT2D eigenvalue weighted by Crippen LogP contribution is 2.30. The molecule has 26 heavy (non-hydrogen) atoms. The predicted octanol–water partition coefficient (Wildman–Crippen LogP) is 1.80. The van der Waals surface area contributed by atoms with E-state index in [1.807, 2.05) is 0 Å². The van der Waals surface area contributed by atoms with E-state index in [1.165, 1.54) is 17.8 Å². The molecule has 2 fully saturated rings. The summed E-state index contributed by atoms with van der Waals surface area (Å²) in [5.74, 6) is -0.0801. The van der Waals surface area contributed by atoms with Gasteiger partial charge in [-0.2, -0.15) is 0 Å². The SMILES string of the molecule is CS(=O)(=O)Nc1ccc(-c2ncc(C(=O)N[C@@H]3C[C@H]4CC[C@@H]3N4)s2)cc1. The van der Waals surface area contributed by atoms with Crippen molar-refractivity contribution in [3.05, 3.63) is 35.3 Å². The van der Waals surface area contributed by atoms with Gasteiger partial charge in [0.25, 0.3) is 5.91 Å². The zero-order valence-electron chi connectivity index (χ0n) is 14.2. The van der Waals surface area contributed by atoms with Crippen LogP contribution in [0.5, 0.6) is 0 Å². The lowest BCUT2D eigenvalue weighted by Gasteiger charge is -2.20. The van der Waals surface area contributed by atoms with E-state index in [-0.39, 0.29) is 11.9 Å². The van der Waals surface area contributed by atoms with Crippen LogP contribution in [0, 0.1) is 0 Å². The molecule has 3 N–H and O–H groups in total. The molecular formula is C17H20N4O3S2. The summed E-state index contributed by atoms with van der Waals surface area (Å²) in [7, 11) is -3.30. The van der Waals surface area contributed by atoms with Crippen molar-refractivity contribution in [2.45, 2.75) is 37.4 Å². The van der Waals surface area contributed by atoms with Gasteiger partial charge in [-0.25, -0.2) is 13.4 Å². The van der Waals surface area contributed by atoms with Gasteiger partial charge in [0.2, 0.25) is 10.0 Å². The number of sulfonamides is 1. The van der Waals surface area contributed by atoms with Crippen LogP contribution in [0.4, 0.5) is 5.69 Å². The normalized spacial score (nSPS) is 24.6. The van der Waals surface area contributed by atoms with Gasteiger partial charge in [-0.15, -0.1) is 11.3 Å².